The molecule has 3 N–H and O–H groups in total. The van der Waals surface area contributed by atoms with Crippen LogP contribution in [0.15, 0.2) is 24.3 Å². The molecule has 0 unspecified atom stereocenters. The van der Waals surface area contributed by atoms with Crippen molar-refractivity contribution in [1.82, 2.24) is 4.73 Å². The van der Waals surface area contributed by atoms with Crippen LogP contribution in [0.2, 0.25) is 4.34 Å². The summed E-state index contributed by atoms with van der Waals surface area (Å²) in [7, 11) is 0. The molecule has 6 heteroatoms. The highest BCUT2D eigenvalue weighted by Gasteiger charge is 2.14. The van der Waals surface area contributed by atoms with Gasteiger partial charge in [0.2, 0.25) is 5.91 Å². The number of carbonyl (C=O) groups excluding carboxylic acids is 1. The van der Waals surface area contributed by atoms with Crippen LogP contribution in [0.25, 0.3) is 21.1 Å². The van der Waals surface area contributed by atoms with Crippen LogP contribution in [0, 0.1) is 0 Å². The van der Waals surface area contributed by atoms with Gasteiger partial charge in [-0.25, -0.2) is 0 Å². The fourth-order valence-electron chi connectivity index (χ4n) is 1.90. The van der Waals surface area contributed by atoms with Gasteiger partial charge in [-0.1, -0.05) is 17.7 Å². The third-order valence-corrected chi connectivity index (χ3v) is 3.91. The van der Waals surface area contributed by atoms with Crippen LogP contribution in [0.3, 0.4) is 0 Å². The average Bonchev–Trinajstić information content (AvgIpc) is 2.78. The summed E-state index contributed by atoms with van der Waals surface area (Å²) < 4.78 is 1.65. The number of amides is 1. The molecule has 2 heterocycles. The number of benzene rings is 1. The minimum absolute atomic E-state index is 0.365. The fraction of sp³-hybridized carbons (Fsp3) is 0. The molecule has 3 aromatic rings. The second kappa shape index (κ2) is 3.38. The fourth-order valence-corrected chi connectivity index (χ4v) is 3.05. The predicted octanol–water partition coefficient (Wildman–Crippen LogP) is 2.85. The second-order valence-corrected chi connectivity index (χ2v) is 5.34. The van der Waals surface area contributed by atoms with Crippen LogP contribution >= 0.6 is 22.9 Å². The normalized spacial score (nSPS) is 11.4. The molecule has 0 bridgehead atoms. The van der Waals surface area contributed by atoms with Crippen LogP contribution in [0.5, 0.6) is 0 Å². The lowest BCUT2D eigenvalue weighted by Gasteiger charge is -1.98. The van der Waals surface area contributed by atoms with E-state index in [9.17, 15) is 10.0 Å². The van der Waals surface area contributed by atoms with Crippen LogP contribution < -0.4 is 5.73 Å². The SMILES string of the molecule is NC(=O)c1ccc2c3cc(Cl)sc3n(O)c2c1. The predicted molar refractivity (Wildman–Crippen MR) is 68.0 cm³/mol. The standard InChI is InChI=1S/C11H7ClN2O2S/c12-9-4-7-6-2-1-5(10(13)15)3-8(6)14(16)11(7)17-9/h1-4,16H,(H2,13,15). The van der Waals surface area contributed by atoms with Gasteiger partial charge in [0.1, 0.15) is 4.83 Å². The van der Waals surface area contributed by atoms with E-state index in [0.717, 1.165) is 15.5 Å². The monoisotopic (exact) mass is 266 g/mol. The summed E-state index contributed by atoms with van der Waals surface area (Å²) >= 11 is 7.18. The maximum atomic E-state index is 11.1. The van der Waals surface area contributed by atoms with Gasteiger partial charge >= 0.3 is 0 Å². The molecule has 0 spiro atoms. The highest BCUT2D eigenvalue weighted by molar-refractivity contribution is 7.22. The molecule has 1 amide bonds. The number of aromatic nitrogens is 1. The van der Waals surface area contributed by atoms with Crippen molar-refractivity contribution in [2.75, 3.05) is 0 Å². The summed E-state index contributed by atoms with van der Waals surface area (Å²) in [6, 6.07) is 6.75. The van der Waals surface area contributed by atoms with E-state index in [4.69, 9.17) is 17.3 Å². The lowest BCUT2D eigenvalue weighted by atomic mass is 10.1. The van der Waals surface area contributed by atoms with E-state index >= 15 is 0 Å². The molecule has 0 saturated heterocycles. The first-order chi connectivity index (χ1) is 8.08. The zero-order chi connectivity index (χ0) is 12.2. The van der Waals surface area contributed by atoms with Gasteiger partial charge in [0.15, 0.2) is 0 Å². The molecule has 0 atom stereocenters. The molecule has 3 rings (SSSR count). The Kier molecular flexibility index (Phi) is 2.08. The van der Waals surface area contributed by atoms with E-state index in [-0.39, 0.29) is 0 Å². The Morgan fingerprint density at radius 2 is 2.12 bits per heavy atom. The Hall–Kier alpha value is -1.72. The summed E-state index contributed by atoms with van der Waals surface area (Å²) in [5.74, 6) is -0.519. The van der Waals surface area contributed by atoms with Crippen molar-refractivity contribution in [1.29, 1.82) is 0 Å². The minimum Gasteiger partial charge on any atom is -0.427 e. The Morgan fingerprint density at radius 3 is 2.82 bits per heavy atom. The number of halogens is 1. The molecule has 2 aromatic heterocycles. The highest BCUT2D eigenvalue weighted by atomic mass is 35.5. The van der Waals surface area contributed by atoms with Crippen LogP contribution in [-0.2, 0) is 0 Å². The number of primary amides is 1. The molecule has 0 aliphatic carbocycles. The maximum Gasteiger partial charge on any atom is 0.248 e. The van der Waals surface area contributed by atoms with Crippen molar-refractivity contribution in [3.8, 4) is 0 Å². The van der Waals surface area contributed by atoms with Gasteiger partial charge in [-0.3, -0.25) is 4.79 Å². The number of carbonyl (C=O) groups is 1. The maximum absolute atomic E-state index is 11.1. The van der Waals surface area contributed by atoms with E-state index in [2.05, 4.69) is 0 Å². The zero-order valence-corrected chi connectivity index (χ0v) is 10.0. The molecule has 0 fully saturated rings. The van der Waals surface area contributed by atoms with Gasteiger partial charge in [-0.15, -0.1) is 11.3 Å². The van der Waals surface area contributed by atoms with E-state index in [1.54, 1.807) is 24.3 Å². The van der Waals surface area contributed by atoms with Crippen molar-refractivity contribution in [3.05, 3.63) is 34.2 Å². The number of rotatable bonds is 1. The topological polar surface area (TPSA) is 68.2 Å². The Balaban J connectivity index is 2.45. The van der Waals surface area contributed by atoms with Crippen molar-refractivity contribution < 1.29 is 10.0 Å². The summed E-state index contributed by atoms with van der Waals surface area (Å²) in [5.41, 5.74) is 6.12. The number of thiophene rings is 1. The van der Waals surface area contributed by atoms with Crippen molar-refractivity contribution in [2.24, 2.45) is 5.73 Å². The van der Waals surface area contributed by atoms with Gasteiger partial charge in [-0.05, 0) is 18.2 Å². The first kappa shape index (κ1) is 10.4. The lowest BCUT2D eigenvalue weighted by molar-refractivity contribution is 0.100. The molecule has 0 aliphatic rings. The van der Waals surface area contributed by atoms with Gasteiger partial charge in [0, 0.05) is 16.3 Å². The van der Waals surface area contributed by atoms with E-state index in [0.29, 0.717) is 20.2 Å². The van der Waals surface area contributed by atoms with Crippen molar-refractivity contribution in [2.45, 2.75) is 0 Å². The smallest absolute Gasteiger partial charge is 0.248 e. The zero-order valence-electron chi connectivity index (χ0n) is 8.48. The molecule has 86 valence electrons. The number of hydrogen-bond donors (Lipinski definition) is 2. The Morgan fingerprint density at radius 1 is 1.35 bits per heavy atom. The first-order valence-electron chi connectivity index (χ1n) is 4.80. The lowest BCUT2D eigenvalue weighted by Crippen LogP contribution is -2.10. The van der Waals surface area contributed by atoms with Crippen LogP contribution in [-0.4, -0.2) is 15.8 Å². The highest BCUT2D eigenvalue weighted by Crippen LogP contribution is 2.36. The average molecular weight is 267 g/mol. The first-order valence-corrected chi connectivity index (χ1v) is 6.00. The van der Waals surface area contributed by atoms with Crippen LogP contribution in [0.1, 0.15) is 10.4 Å². The van der Waals surface area contributed by atoms with Gasteiger partial charge in [0.25, 0.3) is 0 Å². The second-order valence-electron chi connectivity index (χ2n) is 3.68. The molecule has 17 heavy (non-hydrogen) atoms. The molecular weight excluding hydrogens is 260 g/mol. The van der Waals surface area contributed by atoms with Gasteiger partial charge in [0.05, 0.1) is 9.85 Å². The minimum atomic E-state index is -0.519. The van der Waals surface area contributed by atoms with Crippen molar-refractivity contribution in [3.63, 3.8) is 0 Å². The molecule has 4 nitrogen and oxygen atoms in total. The Labute approximate surface area is 105 Å². The number of nitrogens with zero attached hydrogens (tertiary/aromatic N) is 1. The van der Waals surface area contributed by atoms with Gasteiger partial charge < -0.3 is 10.9 Å². The Bertz CT molecular complexity index is 760. The van der Waals surface area contributed by atoms with E-state index < -0.39 is 5.91 Å². The quantitative estimate of drug-likeness (QED) is 0.665. The third-order valence-electron chi connectivity index (χ3n) is 2.68. The largest absolute Gasteiger partial charge is 0.427 e. The summed E-state index contributed by atoms with van der Waals surface area (Å²) in [6.07, 6.45) is 0. The molecular formula is C11H7ClN2O2S. The molecule has 0 saturated carbocycles. The van der Waals surface area contributed by atoms with Crippen molar-refractivity contribution >= 4 is 50.0 Å². The molecule has 0 radical (unpaired) electrons. The van der Waals surface area contributed by atoms with E-state index in [1.807, 2.05) is 0 Å². The van der Waals surface area contributed by atoms with Crippen LogP contribution in [0.4, 0.5) is 0 Å². The molecule has 0 aliphatic heterocycles. The third kappa shape index (κ3) is 1.40. The van der Waals surface area contributed by atoms with Gasteiger partial charge in [-0.2, -0.15) is 4.73 Å². The number of hydrogen-bond acceptors (Lipinski definition) is 3. The molecule has 1 aromatic carbocycles. The summed E-state index contributed by atoms with van der Waals surface area (Å²) in [5, 5.41) is 11.7. The number of fused-ring (bicyclic) bond motifs is 3. The number of nitrogens with two attached hydrogens (primary N) is 1. The summed E-state index contributed by atoms with van der Waals surface area (Å²) in [6.45, 7) is 0. The van der Waals surface area contributed by atoms with E-state index in [1.165, 1.54) is 11.3 Å². The summed E-state index contributed by atoms with van der Waals surface area (Å²) in [4.78, 5) is 11.7.